The first kappa shape index (κ1) is 12.6. The highest BCUT2D eigenvalue weighted by Crippen LogP contribution is 2.24. The van der Waals surface area contributed by atoms with Gasteiger partial charge in [-0.2, -0.15) is 10.2 Å². The first-order chi connectivity index (χ1) is 10.2. The monoisotopic (exact) mass is 281 g/mol. The highest BCUT2D eigenvalue weighted by Gasteiger charge is 2.13. The Morgan fingerprint density at radius 1 is 1.29 bits per heavy atom. The maximum absolute atomic E-state index is 10.6. The zero-order valence-electron chi connectivity index (χ0n) is 10.5. The number of nitro benzene ring substituents is 1. The summed E-state index contributed by atoms with van der Waals surface area (Å²) >= 11 is 0. The van der Waals surface area contributed by atoms with E-state index < -0.39 is 4.92 Å². The zero-order valence-corrected chi connectivity index (χ0v) is 10.5. The molecule has 0 saturated heterocycles. The predicted octanol–water partition coefficient (Wildman–Crippen LogP) is 2.51. The van der Waals surface area contributed by atoms with Crippen LogP contribution < -0.4 is 0 Å². The van der Waals surface area contributed by atoms with E-state index in [0.717, 1.165) is 0 Å². The lowest BCUT2D eigenvalue weighted by molar-refractivity contribution is -0.384. The fourth-order valence-electron chi connectivity index (χ4n) is 1.77. The van der Waals surface area contributed by atoms with Gasteiger partial charge in [0.2, 0.25) is 5.82 Å². The number of benzene rings is 1. The second kappa shape index (κ2) is 4.90. The van der Waals surface area contributed by atoms with Gasteiger partial charge in [-0.1, -0.05) is 5.16 Å². The van der Waals surface area contributed by atoms with Crippen molar-refractivity contribution in [3.05, 3.63) is 52.3 Å². The standard InChI is InChI=1S/C13H7N5O3/c14-6-10-5-9(7-15-10)13-16-12(17-21-13)8-1-3-11(4-2-8)18(19)20/h1-5,7,15H. The molecule has 21 heavy (non-hydrogen) atoms. The van der Waals surface area contributed by atoms with E-state index in [2.05, 4.69) is 15.1 Å². The molecule has 0 aliphatic rings. The number of aromatic amines is 1. The molecule has 0 bridgehead atoms. The molecule has 8 nitrogen and oxygen atoms in total. The van der Waals surface area contributed by atoms with Gasteiger partial charge < -0.3 is 9.51 Å². The molecule has 0 saturated carbocycles. The Bertz CT molecular complexity index is 841. The quantitative estimate of drug-likeness (QED) is 0.581. The fourth-order valence-corrected chi connectivity index (χ4v) is 1.77. The van der Waals surface area contributed by atoms with Crippen molar-refractivity contribution < 1.29 is 9.45 Å². The van der Waals surface area contributed by atoms with Gasteiger partial charge in [0, 0.05) is 23.9 Å². The second-order valence-corrected chi connectivity index (χ2v) is 4.14. The molecule has 0 unspecified atom stereocenters. The Morgan fingerprint density at radius 2 is 2.05 bits per heavy atom. The fraction of sp³-hybridized carbons (Fsp3) is 0. The molecule has 0 aliphatic carbocycles. The van der Waals surface area contributed by atoms with Crippen LogP contribution in [-0.4, -0.2) is 20.0 Å². The van der Waals surface area contributed by atoms with E-state index in [4.69, 9.17) is 9.78 Å². The molecule has 0 atom stereocenters. The van der Waals surface area contributed by atoms with E-state index in [1.54, 1.807) is 24.4 Å². The lowest BCUT2D eigenvalue weighted by Gasteiger charge is -1.93. The number of hydrogen-bond donors (Lipinski definition) is 1. The summed E-state index contributed by atoms with van der Waals surface area (Å²) in [4.78, 5) is 17.1. The van der Waals surface area contributed by atoms with E-state index in [1.807, 2.05) is 6.07 Å². The van der Waals surface area contributed by atoms with Crippen molar-refractivity contribution in [1.29, 1.82) is 5.26 Å². The smallest absolute Gasteiger partial charge is 0.269 e. The third-order valence-electron chi connectivity index (χ3n) is 2.81. The molecule has 8 heteroatoms. The molecular weight excluding hydrogens is 274 g/mol. The van der Waals surface area contributed by atoms with E-state index in [1.165, 1.54) is 12.1 Å². The van der Waals surface area contributed by atoms with Gasteiger partial charge in [-0.15, -0.1) is 0 Å². The predicted molar refractivity (Wildman–Crippen MR) is 70.9 cm³/mol. The summed E-state index contributed by atoms with van der Waals surface area (Å²) in [6, 6.07) is 9.39. The van der Waals surface area contributed by atoms with Crippen molar-refractivity contribution in [1.82, 2.24) is 15.1 Å². The minimum Gasteiger partial charge on any atom is -0.352 e. The molecule has 3 rings (SSSR count). The molecule has 1 N–H and O–H groups in total. The molecule has 1 aromatic carbocycles. The normalized spacial score (nSPS) is 10.2. The van der Waals surface area contributed by atoms with Gasteiger partial charge in [-0.05, 0) is 18.2 Å². The number of hydrogen-bond acceptors (Lipinski definition) is 6. The summed E-state index contributed by atoms with van der Waals surface area (Å²) in [7, 11) is 0. The van der Waals surface area contributed by atoms with Crippen LogP contribution in [0.5, 0.6) is 0 Å². The number of nitrogens with one attached hydrogen (secondary N) is 1. The van der Waals surface area contributed by atoms with Gasteiger partial charge in [-0.25, -0.2) is 0 Å². The molecule has 3 aromatic rings. The van der Waals surface area contributed by atoms with Crippen LogP contribution in [0.4, 0.5) is 5.69 Å². The lowest BCUT2D eigenvalue weighted by atomic mass is 10.2. The van der Waals surface area contributed by atoms with Crippen LogP contribution in [0, 0.1) is 21.4 Å². The van der Waals surface area contributed by atoms with E-state index >= 15 is 0 Å². The summed E-state index contributed by atoms with van der Waals surface area (Å²) in [5.41, 5.74) is 1.59. The van der Waals surface area contributed by atoms with Crippen molar-refractivity contribution in [3.8, 4) is 28.9 Å². The number of nitro groups is 1. The average Bonchev–Trinajstić information content (AvgIpc) is 3.16. The summed E-state index contributed by atoms with van der Waals surface area (Å²) in [6.07, 6.45) is 1.59. The molecular formula is C13H7N5O3. The Hall–Kier alpha value is -3.47. The topological polar surface area (TPSA) is 122 Å². The summed E-state index contributed by atoms with van der Waals surface area (Å²) < 4.78 is 5.12. The van der Waals surface area contributed by atoms with Crippen LogP contribution >= 0.6 is 0 Å². The minimum absolute atomic E-state index is 0.00763. The molecule has 0 spiro atoms. The number of nitriles is 1. The number of nitrogens with zero attached hydrogens (tertiary/aromatic N) is 4. The van der Waals surface area contributed by atoms with Crippen LogP contribution in [0.1, 0.15) is 5.69 Å². The maximum atomic E-state index is 10.6. The van der Waals surface area contributed by atoms with E-state index in [9.17, 15) is 10.1 Å². The van der Waals surface area contributed by atoms with Crippen molar-refractivity contribution in [3.63, 3.8) is 0 Å². The second-order valence-electron chi connectivity index (χ2n) is 4.14. The van der Waals surface area contributed by atoms with Crippen molar-refractivity contribution in [2.24, 2.45) is 0 Å². The van der Waals surface area contributed by atoms with Crippen LogP contribution in [0.3, 0.4) is 0 Å². The van der Waals surface area contributed by atoms with Gasteiger partial charge in [0.1, 0.15) is 11.8 Å². The average molecular weight is 281 g/mol. The van der Waals surface area contributed by atoms with Gasteiger partial charge in [0.05, 0.1) is 10.5 Å². The van der Waals surface area contributed by atoms with Crippen LogP contribution in [0.15, 0.2) is 41.1 Å². The molecule has 0 fully saturated rings. The third-order valence-corrected chi connectivity index (χ3v) is 2.81. The number of aromatic nitrogens is 3. The summed E-state index contributed by atoms with van der Waals surface area (Å²) in [5, 5.41) is 23.2. The Kier molecular flexibility index (Phi) is 2.93. The van der Waals surface area contributed by atoms with Crippen LogP contribution in [0.25, 0.3) is 22.8 Å². The third kappa shape index (κ3) is 2.35. The van der Waals surface area contributed by atoms with Gasteiger partial charge >= 0.3 is 0 Å². The SMILES string of the molecule is N#Cc1cc(-c2nc(-c3ccc([N+](=O)[O-])cc3)no2)c[nH]1. The molecule has 2 heterocycles. The van der Waals surface area contributed by atoms with Gasteiger partial charge in [-0.3, -0.25) is 10.1 Å². The first-order valence-electron chi connectivity index (χ1n) is 5.85. The van der Waals surface area contributed by atoms with E-state index in [0.29, 0.717) is 22.6 Å². The van der Waals surface area contributed by atoms with Crippen molar-refractivity contribution >= 4 is 5.69 Å². The molecule has 102 valence electrons. The molecule has 0 aliphatic heterocycles. The Morgan fingerprint density at radius 3 is 2.67 bits per heavy atom. The highest BCUT2D eigenvalue weighted by atomic mass is 16.6. The Labute approximate surface area is 117 Å². The van der Waals surface area contributed by atoms with E-state index in [-0.39, 0.29) is 11.6 Å². The first-order valence-corrected chi connectivity index (χ1v) is 5.85. The maximum Gasteiger partial charge on any atom is 0.269 e. The Balaban J connectivity index is 1.91. The number of rotatable bonds is 3. The van der Waals surface area contributed by atoms with Crippen molar-refractivity contribution in [2.75, 3.05) is 0 Å². The number of non-ortho nitro benzene ring substituents is 1. The highest BCUT2D eigenvalue weighted by molar-refractivity contribution is 5.61. The molecule has 2 aromatic heterocycles. The minimum atomic E-state index is -0.478. The summed E-state index contributed by atoms with van der Waals surface area (Å²) in [6.45, 7) is 0. The molecule has 0 amide bonds. The molecule has 0 radical (unpaired) electrons. The van der Waals surface area contributed by atoms with Crippen LogP contribution in [0.2, 0.25) is 0 Å². The zero-order chi connectivity index (χ0) is 14.8. The largest absolute Gasteiger partial charge is 0.352 e. The lowest BCUT2D eigenvalue weighted by Crippen LogP contribution is -1.87. The van der Waals surface area contributed by atoms with Gasteiger partial charge in [0.25, 0.3) is 11.6 Å². The van der Waals surface area contributed by atoms with Crippen LogP contribution in [-0.2, 0) is 0 Å². The van der Waals surface area contributed by atoms with Gasteiger partial charge in [0.15, 0.2) is 0 Å². The van der Waals surface area contributed by atoms with Crippen molar-refractivity contribution in [2.45, 2.75) is 0 Å². The number of H-pyrrole nitrogens is 1. The summed E-state index contributed by atoms with van der Waals surface area (Å²) in [5.74, 6) is 0.584.